The molecule has 0 aliphatic heterocycles. The van der Waals surface area contributed by atoms with Gasteiger partial charge in [-0.3, -0.25) is 9.59 Å². The molecule has 0 aromatic heterocycles. The fourth-order valence-corrected chi connectivity index (χ4v) is 4.02. The SMILES string of the molecule is COC(=O)CC1(CS(=O)(=O)CC(=O)C(C)C)CC1. The third kappa shape index (κ3) is 4.40. The lowest BCUT2D eigenvalue weighted by molar-refractivity contribution is -0.141. The molecule has 1 aliphatic rings. The van der Waals surface area contributed by atoms with Crippen LogP contribution >= 0.6 is 0 Å². The number of esters is 1. The van der Waals surface area contributed by atoms with E-state index in [0.29, 0.717) is 12.8 Å². The van der Waals surface area contributed by atoms with Crippen LogP contribution in [0, 0.1) is 11.3 Å². The Morgan fingerprint density at radius 3 is 2.22 bits per heavy atom. The monoisotopic (exact) mass is 276 g/mol. The van der Waals surface area contributed by atoms with Crippen LogP contribution < -0.4 is 0 Å². The number of carbonyl (C=O) groups excluding carboxylic acids is 2. The molecule has 0 aromatic carbocycles. The molecule has 0 amide bonds. The fraction of sp³-hybridized carbons (Fsp3) is 0.833. The van der Waals surface area contributed by atoms with Gasteiger partial charge in [0.25, 0.3) is 0 Å². The summed E-state index contributed by atoms with van der Waals surface area (Å²) in [6, 6.07) is 0. The second-order valence-corrected chi connectivity index (χ2v) is 7.47. The highest BCUT2D eigenvalue weighted by atomic mass is 32.2. The van der Waals surface area contributed by atoms with Crippen LogP contribution in [0.25, 0.3) is 0 Å². The summed E-state index contributed by atoms with van der Waals surface area (Å²) < 4.78 is 28.4. The van der Waals surface area contributed by atoms with Gasteiger partial charge in [-0.05, 0) is 18.3 Å². The minimum atomic E-state index is -3.43. The molecule has 0 saturated heterocycles. The molecular weight excluding hydrogens is 256 g/mol. The molecule has 1 saturated carbocycles. The molecule has 0 heterocycles. The molecule has 1 rings (SSSR count). The molecular formula is C12H20O5S. The summed E-state index contributed by atoms with van der Waals surface area (Å²) in [4.78, 5) is 22.7. The first-order valence-electron chi connectivity index (χ1n) is 6.00. The third-order valence-corrected chi connectivity index (χ3v) is 5.01. The minimum Gasteiger partial charge on any atom is -0.469 e. The van der Waals surface area contributed by atoms with E-state index in [1.807, 2.05) is 0 Å². The Kier molecular flexibility index (Phi) is 4.53. The number of carbonyl (C=O) groups is 2. The topological polar surface area (TPSA) is 77.5 Å². The molecule has 0 unspecified atom stereocenters. The quantitative estimate of drug-likeness (QED) is 0.647. The second kappa shape index (κ2) is 5.38. The van der Waals surface area contributed by atoms with Crippen molar-refractivity contribution in [1.29, 1.82) is 0 Å². The van der Waals surface area contributed by atoms with Gasteiger partial charge >= 0.3 is 5.97 Å². The Hall–Kier alpha value is -0.910. The van der Waals surface area contributed by atoms with E-state index in [0.717, 1.165) is 0 Å². The van der Waals surface area contributed by atoms with E-state index in [9.17, 15) is 18.0 Å². The van der Waals surface area contributed by atoms with Gasteiger partial charge in [-0.1, -0.05) is 13.8 Å². The normalized spacial score (nSPS) is 17.6. The molecule has 6 heteroatoms. The average Bonchev–Trinajstić information content (AvgIpc) is 2.95. The smallest absolute Gasteiger partial charge is 0.306 e. The van der Waals surface area contributed by atoms with E-state index in [2.05, 4.69) is 4.74 Å². The van der Waals surface area contributed by atoms with Crippen molar-refractivity contribution in [1.82, 2.24) is 0 Å². The number of Topliss-reactive ketones (excluding diaryl/α,β-unsaturated/α-hetero) is 1. The first-order chi connectivity index (χ1) is 8.20. The second-order valence-electron chi connectivity index (χ2n) is 5.41. The van der Waals surface area contributed by atoms with Gasteiger partial charge in [-0.15, -0.1) is 0 Å². The number of sulfone groups is 1. The van der Waals surface area contributed by atoms with Gasteiger partial charge in [0, 0.05) is 5.92 Å². The molecule has 5 nitrogen and oxygen atoms in total. The molecule has 0 N–H and O–H groups in total. The van der Waals surface area contributed by atoms with Gasteiger partial charge in [0.2, 0.25) is 0 Å². The maximum atomic E-state index is 11.9. The Balaban J connectivity index is 2.61. The van der Waals surface area contributed by atoms with E-state index >= 15 is 0 Å². The van der Waals surface area contributed by atoms with Crippen molar-refractivity contribution in [2.24, 2.45) is 11.3 Å². The van der Waals surface area contributed by atoms with Gasteiger partial charge < -0.3 is 4.74 Å². The van der Waals surface area contributed by atoms with Crippen molar-refractivity contribution in [3.8, 4) is 0 Å². The maximum absolute atomic E-state index is 11.9. The van der Waals surface area contributed by atoms with Gasteiger partial charge in [0.15, 0.2) is 9.84 Å². The number of rotatable bonds is 7. The number of methoxy groups -OCH3 is 1. The number of hydrogen-bond acceptors (Lipinski definition) is 5. The zero-order valence-electron chi connectivity index (χ0n) is 11.1. The third-order valence-electron chi connectivity index (χ3n) is 3.24. The van der Waals surface area contributed by atoms with E-state index in [1.54, 1.807) is 13.8 Å². The van der Waals surface area contributed by atoms with E-state index in [1.165, 1.54) is 7.11 Å². The highest BCUT2D eigenvalue weighted by molar-refractivity contribution is 7.92. The number of ether oxygens (including phenoxy) is 1. The van der Waals surface area contributed by atoms with Crippen molar-refractivity contribution < 1.29 is 22.7 Å². The van der Waals surface area contributed by atoms with Gasteiger partial charge in [-0.25, -0.2) is 8.42 Å². The Bertz CT molecular complexity index is 431. The molecule has 0 atom stereocenters. The lowest BCUT2D eigenvalue weighted by atomic mass is 10.1. The maximum Gasteiger partial charge on any atom is 0.306 e. The summed E-state index contributed by atoms with van der Waals surface area (Å²) in [5.41, 5.74) is -0.483. The number of hydrogen-bond donors (Lipinski definition) is 0. The zero-order chi connectivity index (χ0) is 14.0. The first-order valence-corrected chi connectivity index (χ1v) is 7.82. The van der Waals surface area contributed by atoms with Crippen LogP contribution in [-0.2, 0) is 24.2 Å². The lowest BCUT2D eigenvalue weighted by Crippen LogP contribution is -2.28. The molecule has 0 aromatic rings. The summed E-state index contributed by atoms with van der Waals surface area (Å²) >= 11 is 0. The molecule has 18 heavy (non-hydrogen) atoms. The standard InChI is InChI=1S/C12H20O5S/c1-9(2)10(13)7-18(15,16)8-12(4-5-12)6-11(14)17-3/h9H,4-8H2,1-3H3. The van der Waals surface area contributed by atoms with Crippen LogP contribution in [0.15, 0.2) is 0 Å². The molecule has 0 bridgehead atoms. The van der Waals surface area contributed by atoms with Crippen LogP contribution in [0.4, 0.5) is 0 Å². The summed E-state index contributed by atoms with van der Waals surface area (Å²) in [6.45, 7) is 3.36. The Labute approximate surface area is 108 Å². The first kappa shape index (κ1) is 15.1. The summed E-state index contributed by atoms with van der Waals surface area (Å²) in [5, 5.41) is 0. The lowest BCUT2D eigenvalue weighted by Gasteiger charge is -2.14. The van der Waals surface area contributed by atoms with Crippen LogP contribution in [0.3, 0.4) is 0 Å². The van der Waals surface area contributed by atoms with E-state index in [-0.39, 0.29) is 23.9 Å². The van der Waals surface area contributed by atoms with Crippen LogP contribution in [0.2, 0.25) is 0 Å². The molecule has 1 fully saturated rings. The van der Waals surface area contributed by atoms with Crippen LogP contribution in [0.1, 0.15) is 33.1 Å². The number of ketones is 1. The summed E-state index contributed by atoms with van der Waals surface area (Å²) in [7, 11) is -2.15. The highest BCUT2D eigenvalue weighted by Crippen LogP contribution is 2.50. The fourth-order valence-electron chi connectivity index (χ4n) is 1.83. The van der Waals surface area contributed by atoms with Gasteiger partial charge in [-0.2, -0.15) is 0 Å². The summed E-state index contributed by atoms with van der Waals surface area (Å²) in [6.07, 6.45) is 1.53. The molecule has 0 spiro atoms. The average molecular weight is 276 g/mol. The van der Waals surface area contributed by atoms with Gasteiger partial charge in [0.05, 0.1) is 19.3 Å². The Morgan fingerprint density at radius 2 is 1.83 bits per heavy atom. The van der Waals surface area contributed by atoms with E-state index in [4.69, 9.17) is 0 Å². The largest absolute Gasteiger partial charge is 0.469 e. The zero-order valence-corrected chi connectivity index (χ0v) is 11.9. The van der Waals surface area contributed by atoms with Gasteiger partial charge in [0.1, 0.15) is 11.5 Å². The van der Waals surface area contributed by atoms with Crippen molar-refractivity contribution >= 4 is 21.6 Å². The predicted molar refractivity (Wildman–Crippen MR) is 66.8 cm³/mol. The highest BCUT2D eigenvalue weighted by Gasteiger charge is 2.48. The summed E-state index contributed by atoms with van der Waals surface area (Å²) in [5.74, 6) is -1.46. The molecule has 104 valence electrons. The van der Waals surface area contributed by atoms with Crippen LogP contribution in [0.5, 0.6) is 0 Å². The van der Waals surface area contributed by atoms with Crippen molar-refractivity contribution in [3.63, 3.8) is 0 Å². The van der Waals surface area contributed by atoms with Crippen molar-refractivity contribution in [2.45, 2.75) is 33.1 Å². The Morgan fingerprint density at radius 1 is 1.28 bits per heavy atom. The van der Waals surface area contributed by atoms with E-state index < -0.39 is 27.0 Å². The van der Waals surface area contributed by atoms with Crippen molar-refractivity contribution in [2.75, 3.05) is 18.6 Å². The van der Waals surface area contributed by atoms with Crippen LogP contribution in [-0.4, -0.2) is 38.8 Å². The minimum absolute atomic E-state index is 0.0897. The predicted octanol–water partition coefficient (Wildman–Crippen LogP) is 0.970. The molecule has 0 radical (unpaired) electrons. The van der Waals surface area contributed by atoms with Crippen molar-refractivity contribution in [3.05, 3.63) is 0 Å². The molecule has 1 aliphatic carbocycles.